The molecule has 1 N–H and O–H groups in total. The summed E-state index contributed by atoms with van der Waals surface area (Å²) in [5.41, 5.74) is 0. The molecule has 0 aromatic carbocycles. The average molecular weight is 286 g/mol. The summed E-state index contributed by atoms with van der Waals surface area (Å²) in [4.78, 5) is 16.3. The number of aliphatic hydroxyl groups is 1. The van der Waals surface area contributed by atoms with E-state index in [0.717, 1.165) is 38.9 Å². The Bertz CT molecular complexity index is 264. The Morgan fingerprint density at radius 3 is 2.45 bits per heavy atom. The summed E-state index contributed by atoms with van der Waals surface area (Å²) in [5.74, 6) is 0.238. The van der Waals surface area contributed by atoms with Crippen LogP contribution in [0.1, 0.15) is 39.5 Å². The van der Waals surface area contributed by atoms with Gasteiger partial charge in [-0.2, -0.15) is 0 Å². The molecule has 0 atom stereocenters. The molecule has 118 valence electrons. The van der Waals surface area contributed by atoms with Gasteiger partial charge in [0.05, 0.1) is 19.8 Å². The fraction of sp³-hybridized carbons (Fsp3) is 0.933. The maximum Gasteiger partial charge on any atom is 0.222 e. The molecule has 1 saturated heterocycles. The van der Waals surface area contributed by atoms with Crippen molar-refractivity contribution in [3.8, 4) is 0 Å². The normalized spacial score (nSPS) is 16.1. The Hall–Kier alpha value is -0.650. The predicted molar refractivity (Wildman–Crippen MR) is 79.7 cm³/mol. The Balaban J connectivity index is 2.29. The second-order valence-corrected chi connectivity index (χ2v) is 5.33. The summed E-state index contributed by atoms with van der Waals surface area (Å²) < 4.78 is 5.26. The van der Waals surface area contributed by atoms with Crippen molar-refractivity contribution in [3.05, 3.63) is 0 Å². The van der Waals surface area contributed by atoms with E-state index in [0.29, 0.717) is 32.2 Å². The second-order valence-electron chi connectivity index (χ2n) is 5.33. The molecule has 1 fully saturated rings. The summed E-state index contributed by atoms with van der Waals surface area (Å²) in [5, 5.41) is 9.16. The van der Waals surface area contributed by atoms with Crippen molar-refractivity contribution in [2.24, 2.45) is 0 Å². The largest absolute Gasteiger partial charge is 0.395 e. The number of nitrogens with zero attached hydrogens (tertiary/aromatic N) is 2. The molecule has 0 bridgehead atoms. The van der Waals surface area contributed by atoms with Crippen molar-refractivity contribution >= 4 is 5.91 Å². The number of hydrogen-bond acceptors (Lipinski definition) is 4. The lowest BCUT2D eigenvalue weighted by Crippen LogP contribution is -2.41. The molecule has 5 heteroatoms. The van der Waals surface area contributed by atoms with Crippen molar-refractivity contribution in [1.29, 1.82) is 0 Å². The lowest BCUT2D eigenvalue weighted by atomic mass is 10.1. The maximum absolute atomic E-state index is 12.0. The third-order valence-electron chi connectivity index (χ3n) is 4.05. The van der Waals surface area contributed by atoms with Gasteiger partial charge in [0, 0.05) is 32.1 Å². The molecule has 1 aliphatic heterocycles. The van der Waals surface area contributed by atoms with E-state index in [9.17, 15) is 4.79 Å². The van der Waals surface area contributed by atoms with Gasteiger partial charge in [-0.25, -0.2) is 0 Å². The molecule has 1 rings (SSSR count). The number of rotatable bonds is 9. The van der Waals surface area contributed by atoms with Crippen LogP contribution in [-0.4, -0.2) is 72.9 Å². The van der Waals surface area contributed by atoms with E-state index >= 15 is 0 Å². The molecule has 1 aliphatic rings. The van der Waals surface area contributed by atoms with Crippen molar-refractivity contribution < 1.29 is 14.6 Å². The van der Waals surface area contributed by atoms with E-state index in [1.807, 2.05) is 4.90 Å². The van der Waals surface area contributed by atoms with E-state index < -0.39 is 0 Å². The van der Waals surface area contributed by atoms with Gasteiger partial charge in [0.15, 0.2) is 0 Å². The van der Waals surface area contributed by atoms with Gasteiger partial charge < -0.3 is 14.7 Å². The topological polar surface area (TPSA) is 53.0 Å². The predicted octanol–water partition coefficient (Wildman–Crippen LogP) is 1.11. The highest BCUT2D eigenvalue weighted by molar-refractivity contribution is 5.76. The Labute approximate surface area is 122 Å². The van der Waals surface area contributed by atoms with Crippen molar-refractivity contribution in [2.45, 2.75) is 45.6 Å². The monoisotopic (exact) mass is 286 g/mol. The zero-order valence-corrected chi connectivity index (χ0v) is 13.0. The minimum atomic E-state index is 0.188. The number of aliphatic hydroxyl groups excluding tert-OH is 1. The Morgan fingerprint density at radius 2 is 1.90 bits per heavy atom. The SMILES string of the molecule is CCC(CC)N(CCO)CCCC(=O)N1CCOCC1. The zero-order chi connectivity index (χ0) is 14.8. The van der Waals surface area contributed by atoms with Crippen molar-refractivity contribution in [3.63, 3.8) is 0 Å². The zero-order valence-electron chi connectivity index (χ0n) is 13.0. The standard InChI is InChI=1S/C15H30N2O3/c1-3-14(4-2)16(8-11-18)7-5-6-15(19)17-9-12-20-13-10-17/h14,18H,3-13H2,1-2H3. The number of carbonyl (C=O) groups is 1. The molecule has 1 heterocycles. The van der Waals surface area contributed by atoms with Crippen molar-refractivity contribution in [2.75, 3.05) is 46.0 Å². The van der Waals surface area contributed by atoms with Crippen LogP contribution in [0.5, 0.6) is 0 Å². The molecule has 0 saturated carbocycles. The lowest BCUT2D eigenvalue weighted by Gasteiger charge is -2.30. The van der Waals surface area contributed by atoms with Crippen molar-refractivity contribution in [1.82, 2.24) is 9.80 Å². The summed E-state index contributed by atoms with van der Waals surface area (Å²) >= 11 is 0. The maximum atomic E-state index is 12.0. The van der Waals surface area contributed by atoms with Crippen LogP contribution < -0.4 is 0 Å². The molecular weight excluding hydrogens is 256 g/mol. The third-order valence-corrected chi connectivity index (χ3v) is 4.05. The third kappa shape index (κ3) is 5.77. The van der Waals surface area contributed by atoms with Gasteiger partial charge in [0.1, 0.15) is 0 Å². The van der Waals surface area contributed by atoms with Gasteiger partial charge in [0.2, 0.25) is 5.91 Å². The van der Waals surface area contributed by atoms with Gasteiger partial charge in [-0.3, -0.25) is 9.69 Å². The first-order valence-electron chi connectivity index (χ1n) is 7.93. The Kier molecular flexibility index (Phi) is 8.82. The van der Waals surface area contributed by atoms with Crippen LogP contribution in [0.3, 0.4) is 0 Å². The first-order chi connectivity index (χ1) is 9.72. The fourth-order valence-electron chi connectivity index (χ4n) is 2.81. The number of morpholine rings is 1. The molecule has 0 unspecified atom stereocenters. The molecule has 1 amide bonds. The van der Waals surface area contributed by atoms with Gasteiger partial charge in [-0.15, -0.1) is 0 Å². The number of amides is 1. The van der Waals surface area contributed by atoms with Crippen LogP contribution >= 0.6 is 0 Å². The Morgan fingerprint density at radius 1 is 1.25 bits per heavy atom. The summed E-state index contributed by atoms with van der Waals surface area (Å²) in [6.07, 6.45) is 3.65. The number of carbonyl (C=O) groups excluding carboxylic acids is 1. The molecule has 0 aromatic heterocycles. The average Bonchev–Trinajstić information content (AvgIpc) is 2.49. The van der Waals surface area contributed by atoms with Gasteiger partial charge in [0.25, 0.3) is 0 Å². The van der Waals surface area contributed by atoms with E-state index in [1.54, 1.807) is 0 Å². The van der Waals surface area contributed by atoms with Crippen LogP contribution in [0.25, 0.3) is 0 Å². The summed E-state index contributed by atoms with van der Waals surface area (Å²) in [6, 6.07) is 0.514. The lowest BCUT2D eigenvalue weighted by molar-refractivity contribution is -0.135. The first-order valence-corrected chi connectivity index (χ1v) is 7.93. The van der Waals surface area contributed by atoms with E-state index in [2.05, 4.69) is 18.7 Å². The highest BCUT2D eigenvalue weighted by Crippen LogP contribution is 2.10. The molecule has 0 radical (unpaired) electrons. The number of hydrogen-bond donors (Lipinski definition) is 1. The van der Waals surface area contributed by atoms with Crippen LogP contribution in [0, 0.1) is 0 Å². The van der Waals surface area contributed by atoms with Gasteiger partial charge >= 0.3 is 0 Å². The van der Waals surface area contributed by atoms with E-state index in [1.165, 1.54) is 0 Å². The first kappa shape index (κ1) is 17.4. The van der Waals surface area contributed by atoms with E-state index in [4.69, 9.17) is 9.84 Å². The van der Waals surface area contributed by atoms with Crippen LogP contribution in [0.15, 0.2) is 0 Å². The minimum absolute atomic E-state index is 0.188. The highest BCUT2D eigenvalue weighted by atomic mass is 16.5. The smallest absolute Gasteiger partial charge is 0.222 e. The molecular formula is C15H30N2O3. The molecule has 0 spiro atoms. The van der Waals surface area contributed by atoms with Gasteiger partial charge in [-0.05, 0) is 25.8 Å². The fourth-order valence-corrected chi connectivity index (χ4v) is 2.81. The van der Waals surface area contributed by atoms with Crippen LogP contribution in [-0.2, 0) is 9.53 Å². The quantitative estimate of drug-likeness (QED) is 0.690. The number of ether oxygens (including phenoxy) is 1. The van der Waals surface area contributed by atoms with Gasteiger partial charge in [-0.1, -0.05) is 13.8 Å². The summed E-state index contributed by atoms with van der Waals surface area (Å²) in [7, 11) is 0. The summed E-state index contributed by atoms with van der Waals surface area (Å²) in [6.45, 7) is 8.92. The highest BCUT2D eigenvalue weighted by Gasteiger charge is 2.18. The molecule has 20 heavy (non-hydrogen) atoms. The van der Waals surface area contributed by atoms with Crippen LogP contribution in [0.2, 0.25) is 0 Å². The minimum Gasteiger partial charge on any atom is -0.395 e. The second kappa shape index (κ2) is 10.1. The molecule has 0 aromatic rings. The molecule has 0 aliphatic carbocycles. The van der Waals surface area contributed by atoms with Crippen LogP contribution in [0.4, 0.5) is 0 Å². The van der Waals surface area contributed by atoms with E-state index in [-0.39, 0.29) is 12.5 Å². The molecule has 5 nitrogen and oxygen atoms in total.